The molecule has 29 heavy (non-hydrogen) atoms. The highest BCUT2D eigenvalue weighted by Gasteiger charge is 2.27. The van der Waals surface area contributed by atoms with Crippen LogP contribution in [0.4, 0.5) is 0 Å². The van der Waals surface area contributed by atoms with Crippen molar-refractivity contribution in [2.24, 2.45) is 0 Å². The van der Waals surface area contributed by atoms with E-state index in [0.717, 1.165) is 54.3 Å². The van der Waals surface area contributed by atoms with Gasteiger partial charge in [-0.1, -0.05) is 24.3 Å². The van der Waals surface area contributed by atoms with E-state index in [1.807, 2.05) is 36.2 Å². The Bertz CT molecular complexity index is 954. The maximum Gasteiger partial charge on any atom is 0.236 e. The van der Waals surface area contributed by atoms with Crippen molar-refractivity contribution in [1.29, 1.82) is 0 Å². The first-order chi connectivity index (χ1) is 14.1. The molecule has 2 heterocycles. The molecule has 0 saturated carbocycles. The van der Waals surface area contributed by atoms with Crippen molar-refractivity contribution in [3.63, 3.8) is 0 Å². The topological polar surface area (TPSA) is 45.7 Å². The summed E-state index contributed by atoms with van der Waals surface area (Å²) in [4.78, 5) is 21.8. The summed E-state index contributed by atoms with van der Waals surface area (Å²) in [6.07, 6.45) is 2.13. The number of methoxy groups -OCH3 is 1. The second kappa shape index (κ2) is 8.93. The number of rotatable bonds is 6. The molecule has 1 aliphatic rings. The lowest BCUT2D eigenvalue weighted by Crippen LogP contribution is -2.43. The normalized spacial score (nSPS) is 17.1. The van der Waals surface area contributed by atoms with Gasteiger partial charge in [-0.05, 0) is 49.7 Å². The summed E-state index contributed by atoms with van der Waals surface area (Å²) in [6, 6.07) is 16.3. The van der Waals surface area contributed by atoms with Gasteiger partial charge in [0.15, 0.2) is 0 Å². The SMILES string of the molecule is COc1cccc(CN(C)CC(=O)N2CCC[C@@H](c3nc4ccccc4s3)C2)c1. The molecule has 1 atom stereocenters. The number of ether oxygens (including phenoxy) is 1. The smallest absolute Gasteiger partial charge is 0.236 e. The van der Waals surface area contributed by atoms with Crippen LogP contribution in [-0.4, -0.2) is 54.5 Å². The lowest BCUT2D eigenvalue weighted by molar-refractivity contribution is -0.133. The Labute approximate surface area is 175 Å². The lowest BCUT2D eigenvalue weighted by atomic mass is 9.98. The third-order valence-corrected chi connectivity index (χ3v) is 6.62. The van der Waals surface area contributed by atoms with Gasteiger partial charge >= 0.3 is 0 Å². The molecule has 1 saturated heterocycles. The minimum Gasteiger partial charge on any atom is -0.497 e. The zero-order valence-electron chi connectivity index (χ0n) is 17.0. The highest BCUT2D eigenvalue weighted by atomic mass is 32.1. The van der Waals surface area contributed by atoms with Gasteiger partial charge in [-0.3, -0.25) is 9.69 Å². The highest BCUT2D eigenvalue weighted by Crippen LogP contribution is 2.33. The van der Waals surface area contributed by atoms with Gasteiger partial charge in [0.2, 0.25) is 5.91 Å². The zero-order chi connectivity index (χ0) is 20.2. The maximum absolute atomic E-state index is 12.9. The second-order valence-corrected chi connectivity index (χ2v) is 8.78. The van der Waals surface area contributed by atoms with Crippen LogP contribution in [0.5, 0.6) is 5.75 Å². The Hall–Kier alpha value is -2.44. The first-order valence-corrected chi connectivity index (χ1v) is 10.9. The van der Waals surface area contributed by atoms with E-state index in [9.17, 15) is 4.79 Å². The minimum atomic E-state index is 0.196. The van der Waals surface area contributed by atoms with E-state index >= 15 is 0 Å². The molecular weight excluding hydrogens is 382 g/mol. The molecule has 5 nitrogen and oxygen atoms in total. The number of piperidine rings is 1. The molecular formula is C23H27N3O2S. The van der Waals surface area contributed by atoms with Crippen LogP contribution in [0.2, 0.25) is 0 Å². The van der Waals surface area contributed by atoms with Crippen molar-refractivity contribution in [3.05, 3.63) is 59.1 Å². The fourth-order valence-corrected chi connectivity index (χ4v) is 5.03. The second-order valence-electron chi connectivity index (χ2n) is 7.72. The van der Waals surface area contributed by atoms with Gasteiger partial charge in [0.05, 0.1) is 28.9 Å². The predicted octanol–water partition coefficient (Wildman–Crippen LogP) is 4.14. The number of fused-ring (bicyclic) bond motifs is 1. The van der Waals surface area contributed by atoms with Crippen LogP contribution in [0.25, 0.3) is 10.2 Å². The summed E-state index contributed by atoms with van der Waals surface area (Å²) >= 11 is 1.77. The fourth-order valence-electron chi connectivity index (χ4n) is 3.94. The van der Waals surface area contributed by atoms with Crippen molar-refractivity contribution < 1.29 is 9.53 Å². The van der Waals surface area contributed by atoms with Crippen LogP contribution < -0.4 is 4.74 Å². The number of thiazole rings is 1. The van der Waals surface area contributed by atoms with Crippen molar-refractivity contribution in [2.45, 2.75) is 25.3 Å². The predicted molar refractivity (Wildman–Crippen MR) is 118 cm³/mol. The quantitative estimate of drug-likeness (QED) is 0.614. The molecule has 1 fully saturated rings. The van der Waals surface area contributed by atoms with Crippen LogP contribution in [0.1, 0.15) is 29.3 Å². The molecule has 152 valence electrons. The van der Waals surface area contributed by atoms with Crippen molar-refractivity contribution in [3.8, 4) is 5.75 Å². The number of carbonyl (C=O) groups excluding carboxylic acids is 1. The molecule has 0 N–H and O–H groups in total. The molecule has 4 rings (SSSR count). The number of hydrogen-bond donors (Lipinski definition) is 0. The van der Waals surface area contributed by atoms with Gasteiger partial charge < -0.3 is 9.64 Å². The molecule has 6 heteroatoms. The average Bonchev–Trinajstić information content (AvgIpc) is 3.18. The number of carbonyl (C=O) groups is 1. The molecule has 0 radical (unpaired) electrons. The number of hydrogen-bond acceptors (Lipinski definition) is 5. The summed E-state index contributed by atoms with van der Waals surface area (Å²) in [7, 11) is 3.66. The van der Waals surface area contributed by atoms with E-state index in [-0.39, 0.29) is 5.91 Å². The van der Waals surface area contributed by atoms with Gasteiger partial charge in [0.25, 0.3) is 0 Å². The summed E-state index contributed by atoms with van der Waals surface area (Å²) in [5, 5.41) is 1.16. The Morgan fingerprint density at radius 2 is 2.14 bits per heavy atom. The number of aromatic nitrogens is 1. The molecule has 1 amide bonds. The zero-order valence-corrected chi connectivity index (χ0v) is 17.8. The number of para-hydroxylation sites is 1. The molecule has 1 aromatic heterocycles. The average molecular weight is 410 g/mol. The Morgan fingerprint density at radius 1 is 1.28 bits per heavy atom. The number of amides is 1. The van der Waals surface area contributed by atoms with E-state index in [1.165, 1.54) is 4.70 Å². The van der Waals surface area contributed by atoms with Gasteiger partial charge in [-0.25, -0.2) is 4.98 Å². The van der Waals surface area contributed by atoms with Crippen LogP contribution in [0.15, 0.2) is 48.5 Å². The summed E-state index contributed by atoms with van der Waals surface area (Å²) in [5.74, 6) is 1.38. The van der Waals surface area contributed by atoms with Crippen LogP contribution >= 0.6 is 11.3 Å². The third-order valence-electron chi connectivity index (χ3n) is 5.43. The van der Waals surface area contributed by atoms with Gasteiger partial charge in [-0.15, -0.1) is 11.3 Å². The number of likely N-dealkylation sites (tertiary alicyclic amines) is 1. The van der Waals surface area contributed by atoms with Gasteiger partial charge in [0.1, 0.15) is 5.75 Å². The number of benzene rings is 2. The monoisotopic (exact) mass is 409 g/mol. The first-order valence-electron chi connectivity index (χ1n) is 10.1. The highest BCUT2D eigenvalue weighted by molar-refractivity contribution is 7.18. The number of likely N-dealkylation sites (N-methyl/N-ethyl adjacent to an activating group) is 1. The standard InChI is InChI=1S/C23H27N3O2S/c1-25(14-17-7-5-9-19(13-17)28-2)16-22(27)26-12-6-8-18(15-26)23-24-20-10-3-4-11-21(20)29-23/h3-5,7,9-11,13,18H,6,8,12,14-16H2,1-2H3/t18-/m1/s1. The maximum atomic E-state index is 12.9. The molecule has 2 aromatic carbocycles. The minimum absolute atomic E-state index is 0.196. The Balaban J connectivity index is 1.36. The molecule has 0 unspecified atom stereocenters. The first kappa shape index (κ1) is 19.9. The van der Waals surface area contributed by atoms with E-state index in [4.69, 9.17) is 9.72 Å². The van der Waals surface area contributed by atoms with E-state index in [1.54, 1.807) is 18.4 Å². The molecule has 0 spiro atoms. The molecule has 0 aliphatic carbocycles. The fraction of sp³-hybridized carbons (Fsp3) is 0.391. The van der Waals surface area contributed by atoms with Crippen molar-refractivity contribution in [2.75, 3.05) is 33.8 Å². The third kappa shape index (κ3) is 4.77. The van der Waals surface area contributed by atoms with E-state index in [2.05, 4.69) is 29.2 Å². The van der Waals surface area contributed by atoms with E-state index in [0.29, 0.717) is 12.5 Å². The van der Waals surface area contributed by atoms with E-state index < -0.39 is 0 Å². The lowest BCUT2D eigenvalue weighted by Gasteiger charge is -2.33. The van der Waals surface area contributed by atoms with Crippen molar-refractivity contribution in [1.82, 2.24) is 14.8 Å². The van der Waals surface area contributed by atoms with Crippen LogP contribution in [-0.2, 0) is 11.3 Å². The van der Waals surface area contributed by atoms with Crippen molar-refractivity contribution >= 4 is 27.5 Å². The molecule has 1 aliphatic heterocycles. The Kier molecular flexibility index (Phi) is 6.11. The summed E-state index contributed by atoms with van der Waals surface area (Å²) < 4.78 is 6.52. The van der Waals surface area contributed by atoms with Gasteiger partial charge in [0, 0.05) is 25.6 Å². The largest absolute Gasteiger partial charge is 0.497 e. The number of nitrogens with zero attached hydrogens (tertiary/aromatic N) is 3. The summed E-state index contributed by atoms with van der Waals surface area (Å²) in [5.41, 5.74) is 2.21. The summed E-state index contributed by atoms with van der Waals surface area (Å²) in [6.45, 7) is 2.75. The molecule has 3 aromatic rings. The molecule has 0 bridgehead atoms. The van der Waals surface area contributed by atoms with Crippen LogP contribution in [0, 0.1) is 0 Å². The van der Waals surface area contributed by atoms with Crippen LogP contribution in [0.3, 0.4) is 0 Å². The van der Waals surface area contributed by atoms with Gasteiger partial charge in [-0.2, -0.15) is 0 Å². The Morgan fingerprint density at radius 3 is 2.97 bits per heavy atom.